The zero-order valence-corrected chi connectivity index (χ0v) is 34.4. The summed E-state index contributed by atoms with van der Waals surface area (Å²) in [5.41, 5.74) is -0.469. The normalized spacial score (nSPS) is 19.5. The number of carbonyl (C=O) groups is 3. The summed E-state index contributed by atoms with van der Waals surface area (Å²) in [6.45, 7) is 13.0. The van der Waals surface area contributed by atoms with Crippen molar-refractivity contribution in [2.75, 3.05) is 32.9 Å². The molecule has 0 aromatic heterocycles. The standard InChI is InChI=1S/C40H74N5O6P/c1-34(2)45(35(3)4)52(51-30-24-25-41)50-29-23-19-17-20-26-42-37(47)39-31-40(32-39,33-39)44-38(48)43-27-21-16-14-12-10-8-6-7-9-11-13-15-18-22-28-49-36(5)46/h34-35H,6-24,26-33H2,1-5H3,(H,42,47)(H2,43,44,48). The first-order valence-corrected chi connectivity index (χ1v) is 21.9. The first kappa shape index (κ1) is 46.2. The van der Waals surface area contributed by atoms with E-state index in [-0.39, 0.29) is 28.9 Å². The molecule has 12 heteroatoms. The van der Waals surface area contributed by atoms with Crippen molar-refractivity contribution < 1.29 is 28.2 Å². The molecule has 3 rings (SSSR count). The lowest BCUT2D eigenvalue weighted by molar-refractivity contribution is -0.177. The molecule has 0 aromatic carbocycles. The van der Waals surface area contributed by atoms with Crippen molar-refractivity contribution >= 4 is 26.4 Å². The van der Waals surface area contributed by atoms with Gasteiger partial charge in [0.15, 0.2) is 0 Å². The Kier molecular flexibility index (Phi) is 23.7. The van der Waals surface area contributed by atoms with Gasteiger partial charge in [0.25, 0.3) is 8.53 Å². The van der Waals surface area contributed by atoms with Gasteiger partial charge in [0.1, 0.15) is 0 Å². The SMILES string of the molecule is CC(=O)OCCCCCCCCCCCCCCCCNC(=O)NC12CC(C(=O)NCCCCCCOP(OCCC#N)N(C(C)C)C(C)C)(C1)C2. The van der Waals surface area contributed by atoms with Crippen LogP contribution >= 0.6 is 8.53 Å². The van der Waals surface area contributed by atoms with Gasteiger partial charge in [-0.2, -0.15) is 5.26 Å². The predicted octanol–water partition coefficient (Wildman–Crippen LogP) is 9.20. The van der Waals surface area contributed by atoms with Crippen LogP contribution in [0.25, 0.3) is 0 Å². The number of amides is 3. The molecule has 3 saturated carbocycles. The first-order valence-electron chi connectivity index (χ1n) is 20.7. The number of rotatable bonds is 33. The second kappa shape index (κ2) is 26.7. The monoisotopic (exact) mass is 752 g/mol. The number of nitrogens with one attached hydrogen (secondary N) is 3. The number of unbranched alkanes of at least 4 members (excludes halogenated alkanes) is 16. The summed E-state index contributed by atoms with van der Waals surface area (Å²) in [7, 11) is -1.19. The molecule has 2 bridgehead atoms. The van der Waals surface area contributed by atoms with Crippen LogP contribution < -0.4 is 16.0 Å². The summed E-state index contributed by atoms with van der Waals surface area (Å²) in [4.78, 5) is 36.1. The van der Waals surface area contributed by atoms with Crippen molar-refractivity contribution in [2.24, 2.45) is 5.41 Å². The Morgan fingerprint density at radius 2 is 1.12 bits per heavy atom. The van der Waals surface area contributed by atoms with E-state index in [1.165, 1.54) is 71.1 Å². The molecule has 0 heterocycles. The minimum atomic E-state index is -1.19. The maximum atomic E-state index is 12.9. The number of nitrogens with zero attached hydrogens (tertiary/aromatic N) is 2. The molecule has 3 fully saturated rings. The van der Waals surface area contributed by atoms with Gasteiger partial charge in [-0.05, 0) is 72.6 Å². The van der Waals surface area contributed by atoms with E-state index in [0.717, 1.165) is 70.6 Å². The van der Waals surface area contributed by atoms with Crippen LogP contribution in [-0.2, 0) is 23.4 Å². The Hall–Kier alpha value is -1.99. The van der Waals surface area contributed by atoms with Crippen LogP contribution in [-0.4, -0.2) is 73.1 Å². The van der Waals surface area contributed by atoms with Crippen LogP contribution in [0.15, 0.2) is 0 Å². The van der Waals surface area contributed by atoms with E-state index in [4.69, 9.17) is 19.0 Å². The van der Waals surface area contributed by atoms with Gasteiger partial charge in [-0.25, -0.2) is 9.46 Å². The lowest BCUT2D eigenvalue weighted by Crippen LogP contribution is -2.78. The Labute approximate surface area is 317 Å². The van der Waals surface area contributed by atoms with Crippen LogP contribution in [0.3, 0.4) is 0 Å². The molecule has 300 valence electrons. The van der Waals surface area contributed by atoms with Crippen molar-refractivity contribution in [1.82, 2.24) is 20.6 Å². The second-order valence-electron chi connectivity index (χ2n) is 15.8. The van der Waals surface area contributed by atoms with Crippen molar-refractivity contribution in [3.8, 4) is 6.07 Å². The Bertz CT molecular complexity index is 1030. The molecular weight excluding hydrogens is 677 g/mol. The number of hydrogen-bond donors (Lipinski definition) is 3. The lowest BCUT2D eigenvalue weighted by Gasteiger charge is -2.69. The minimum absolute atomic E-state index is 0.0953. The van der Waals surface area contributed by atoms with Crippen molar-refractivity contribution in [3.05, 3.63) is 0 Å². The Balaban J connectivity index is 1.38. The van der Waals surface area contributed by atoms with E-state index in [0.29, 0.717) is 51.4 Å². The zero-order chi connectivity index (χ0) is 38.1. The van der Waals surface area contributed by atoms with Gasteiger partial charge < -0.3 is 29.7 Å². The molecule has 1 atom stereocenters. The third kappa shape index (κ3) is 18.4. The molecule has 0 radical (unpaired) electrons. The highest BCUT2D eigenvalue weighted by Crippen LogP contribution is 2.67. The van der Waals surface area contributed by atoms with Gasteiger partial charge in [0.2, 0.25) is 5.91 Å². The molecule has 3 aliphatic carbocycles. The molecule has 3 N–H and O–H groups in total. The first-order chi connectivity index (χ1) is 25.0. The van der Waals surface area contributed by atoms with E-state index in [2.05, 4.69) is 54.4 Å². The highest BCUT2D eigenvalue weighted by atomic mass is 31.2. The van der Waals surface area contributed by atoms with E-state index in [1.807, 2.05) is 0 Å². The van der Waals surface area contributed by atoms with Crippen LogP contribution in [0.4, 0.5) is 4.79 Å². The Morgan fingerprint density at radius 1 is 0.673 bits per heavy atom. The summed E-state index contributed by atoms with van der Waals surface area (Å²) in [6.07, 6.45) is 23.8. The van der Waals surface area contributed by atoms with Crippen LogP contribution in [0.5, 0.6) is 0 Å². The summed E-state index contributed by atoms with van der Waals surface area (Å²) in [5, 5.41) is 18.2. The van der Waals surface area contributed by atoms with Crippen molar-refractivity contribution in [3.63, 3.8) is 0 Å². The smallest absolute Gasteiger partial charge is 0.315 e. The van der Waals surface area contributed by atoms with Gasteiger partial charge >= 0.3 is 12.0 Å². The average molecular weight is 752 g/mol. The molecule has 52 heavy (non-hydrogen) atoms. The quantitative estimate of drug-likeness (QED) is 0.0342. The molecule has 0 spiro atoms. The predicted molar refractivity (Wildman–Crippen MR) is 209 cm³/mol. The summed E-state index contributed by atoms with van der Waals surface area (Å²) in [6, 6.07) is 2.63. The molecule has 1 unspecified atom stereocenters. The van der Waals surface area contributed by atoms with Gasteiger partial charge in [0.05, 0.1) is 37.7 Å². The molecule has 3 aliphatic rings. The molecular formula is C40H74N5O6P. The zero-order valence-electron chi connectivity index (χ0n) is 33.5. The maximum absolute atomic E-state index is 12.9. The van der Waals surface area contributed by atoms with Crippen molar-refractivity contribution in [2.45, 2.75) is 193 Å². The minimum Gasteiger partial charge on any atom is -0.466 e. The van der Waals surface area contributed by atoms with E-state index in [9.17, 15) is 14.4 Å². The lowest BCUT2D eigenvalue weighted by atomic mass is 9.39. The molecule has 0 aromatic rings. The Morgan fingerprint density at radius 3 is 1.60 bits per heavy atom. The number of esters is 1. The summed E-state index contributed by atoms with van der Waals surface area (Å²) < 4.78 is 19.3. The summed E-state index contributed by atoms with van der Waals surface area (Å²) in [5.74, 6) is -0.0377. The van der Waals surface area contributed by atoms with E-state index in [1.54, 1.807) is 0 Å². The van der Waals surface area contributed by atoms with Gasteiger partial charge in [0, 0.05) is 37.6 Å². The molecule has 11 nitrogen and oxygen atoms in total. The fourth-order valence-electron chi connectivity index (χ4n) is 7.64. The topological polar surface area (TPSA) is 142 Å². The molecule has 3 amide bonds. The number of carbonyl (C=O) groups excluding carboxylic acids is 3. The van der Waals surface area contributed by atoms with Gasteiger partial charge in [-0.3, -0.25) is 9.59 Å². The maximum Gasteiger partial charge on any atom is 0.315 e. The number of urea groups is 1. The molecule has 0 aliphatic heterocycles. The number of hydrogen-bond acceptors (Lipinski definition) is 8. The fourth-order valence-corrected chi connectivity index (χ4v) is 9.27. The average Bonchev–Trinajstić information content (AvgIpc) is 3.05. The highest BCUT2D eigenvalue weighted by molar-refractivity contribution is 7.44. The second-order valence-corrected chi connectivity index (χ2v) is 17.3. The number of nitriles is 1. The fraction of sp³-hybridized carbons (Fsp3) is 0.900. The third-order valence-corrected chi connectivity index (χ3v) is 12.4. The van der Waals surface area contributed by atoms with Crippen LogP contribution in [0.2, 0.25) is 0 Å². The van der Waals surface area contributed by atoms with Gasteiger partial charge in [-0.15, -0.1) is 0 Å². The van der Waals surface area contributed by atoms with E-state index < -0.39 is 8.53 Å². The third-order valence-electron chi connectivity index (χ3n) is 10.3. The largest absolute Gasteiger partial charge is 0.466 e. The molecule has 0 saturated heterocycles. The van der Waals surface area contributed by atoms with Crippen molar-refractivity contribution in [1.29, 1.82) is 5.26 Å². The van der Waals surface area contributed by atoms with E-state index >= 15 is 0 Å². The van der Waals surface area contributed by atoms with Gasteiger partial charge in [-0.1, -0.05) is 89.9 Å². The highest BCUT2D eigenvalue weighted by Gasteiger charge is 2.72. The van der Waals surface area contributed by atoms with Crippen LogP contribution in [0, 0.1) is 16.7 Å². The van der Waals surface area contributed by atoms with Crippen LogP contribution in [0.1, 0.15) is 176 Å². The number of ether oxygens (including phenoxy) is 1. The summed E-state index contributed by atoms with van der Waals surface area (Å²) >= 11 is 0.